The van der Waals surface area contributed by atoms with E-state index in [0.29, 0.717) is 12.0 Å². The lowest BCUT2D eigenvalue weighted by atomic mass is 9.99. The average Bonchev–Trinajstić information content (AvgIpc) is 3.08. The molecular formula is C20H16F3N3O2S. The van der Waals surface area contributed by atoms with Crippen LogP contribution in [0.15, 0.2) is 48.5 Å². The second-order valence-corrected chi connectivity index (χ2v) is 7.87. The van der Waals surface area contributed by atoms with Gasteiger partial charge in [0.1, 0.15) is 0 Å². The fraction of sp³-hybridized carbons (Fsp3) is 0.250. The molecule has 3 amide bonds. The lowest BCUT2D eigenvalue weighted by molar-refractivity contribution is -0.140. The number of alkyl halides is 3. The molecule has 1 aliphatic heterocycles. The van der Waals surface area contributed by atoms with Crippen LogP contribution in [0.25, 0.3) is 10.2 Å². The number of carbonyl (C=O) groups excluding carboxylic acids is 2. The summed E-state index contributed by atoms with van der Waals surface area (Å²) in [6.07, 6.45) is -3.65. The van der Waals surface area contributed by atoms with Crippen LogP contribution in [-0.4, -0.2) is 27.9 Å². The highest BCUT2D eigenvalue weighted by atomic mass is 32.1. The Morgan fingerprint density at radius 2 is 1.90 bits per heavy atom. The Bertz CT molecular complexity index is 1030. The van der Waals surface area contributed by atoms with Gasteiger partial charge in [0.2, 0.25) is 5.91 Å². The molecule has 0 saturated carbocycles. The van der Waals surface area contributed by atoms with E-state index in [0.717, 1.165) is 32.3 Å². The molecule has 0 unspecified atom stereocenters. The van der Waals surface area contributed by atoms with Crippen molar-refractivity contribution >= 4 is 33.5 Å². The van der Waals surface area contributed by atoms with Crippen LogP contribution in [0.2, 0.25) is 0 Å². The number of nitrogens with one attached hydrogen (secondary N) is 1. The van der Waals surface area contributed by atoms with Gasteiger partial charge < -0.3 is 5.32 Å². The first-order chi connectivity index (χ1) is 13.8. The molecule has 1 saturated heterocycles. The Morgan fingerprint density at radius 3 is 2.55 bits per heavy atom. The van der Waals surface area contributed by atoms with Gasteiger partial charge in [-0.05, 0) is 29.8 Å². The number of hydrogen-bond acceptors (Lipinski definition) is 4. The number of hydrogen-bond donors (Lipinski definition) is 1. The van der Waals surface area contributed by atoms with Gasteiger partial charge in [-0.1, -0.05) is 24.3 Å². The summed E-state index contributed by atoms with van der Waals surface area (Å²) in [6, 6.07) is 11.4. The van der Waals surface area contributed by atoms with Crippen molar-refractivity contribution < 1.29 is 22.8 Å². The minimum Gasteiger partial charge on any atom is -0.334 e. The number of rotatable bonds is 4. The quantitative estimate of drug-likeness (QED) is 0.639. The van der Waals surface area contributed by atoms with E-state index in [1.54, 1.807) is 0 Å². The second kappa shape index (κ2) is 7.47. The van der Waals surface area contributed by atoms with Crippen molar-refractivity contribution in [2.24, 2.45) is 0 Å². The van der Waals surface area contributed by atoms with E-state index < -0.39 is 17.8 Å². The first-order valence-electron chi connectivity index (χ1n) is 8.92. The maximum Gasteiger partial charge on any atom is 0.416 e. The number of aromatic nitrogens is 1. The van der Waals surface area contributed by atoms with Gasteiger partial charge in [-0.15, -0.1) is 11.3 Å². The van der Waals surface area contributed by atoms with Gasteiger partial charge in [-0.2, -0.15) is 13.2 Å². The van der Waals surface area contributed by atoms with E-state index in [2.05, 4.69) is 10.3 Å². The van der Waals surface area contributed by atoms with Gasteiger partial charge in [-0.25, -0.2) is 9.78 Å². The molecule has 3 aromatic rings. The summed E-state index contributed by atoms with van der Waals surface area (Å²) in [4.78, 5) is 30.0. The Kier molecular flexibility index (Phi) is 4.99. The van der Waals surface area contributed by atoms with Gasteiger partial charge in [-0.3, -0.25) is 9.69 Å². The standard InChI is InChI=1S/C20H16F3N3O2S/c21-20(22,23)13-7-5-12(6-8-13)11-24-19(28)26-14(10-18(26)27)9-17-25-15-3-1-2-4-16(15)29-17/h1-8,14H,9-11H2,(H,24,28)/t14-/m0/s1. The third-order valence-corrected chi connectivity index (χ3v) is 5.80. The van der Waals surface area contributed by atoms with Crippen molar-refractivity contribution in [2.75, 3.05) is 0 Å². The van der Waals surface area contributed by atoms with Gasteiger partial charge >= 0.3 is 12.2 Å². The molecule has 29 heavy (non-hydrogen) atoms. The molecule has 1 aliphatic rings. The summed E-state index contributed by atoms with van der Waals surface area (Å²) in [5.74, 6) is -0.277. The summed E-state index contributed by atoms with van der Waals surface area (Å²) in [6.45, 7) is 0.0363. The lowest BCUT2D eigenvalue weighted by Crippen LogP contribution is -2.59. The molecule has 0 spiro atoms. The zero-order chi connectivity index (χ0) is 20.6. The van der Waals surface area contributed by atoms with Gasteiger partial charge in [0.05, 0.1) is 26.8 Å². The minimum atomic E-state index is -4.40. The predicted octanol–water partition coefficient (Wildman–Crippen LogP) is 4.37. The molecule has 0 aliphatic carbocycles. The fourth-order valence-corrected chi connectivity index (χ4v) is 4.25. The Hall–Kier alpha value is -2.94. The summed E-state index contributed by atoms with van der Waals surface area (Å²) >= 11 is 1.53. The second-order valence-electron chi connectivity index (χ2n) is 6.75. The van der Waals surface area contributed by atoms with Crippen molar-refractivity contribution in [1.29, 1.82) is 0 Å². The van der Waals surface area contributed by atoms with Crippen molar-refractivity contribution in [3.8, 4) is 0 Å². The number of β-lactam (4-membered cyclic amide) rings is 1. The number of urea groups is 1. The number of amides is 3. The van der Waals surface area contributed by atoms with Crippen LogP contribution in [0.5, 0.6) is 0 Å². The molecule has 4 rings (SSSR count). The van der Waals surface area contributed by atoms with E-state index in [4.69, 9.17) is 0 Å². The lowest BCUT2D eigenvalue weighted by Gasteiger charge is -2.38. The SMILES string of the molecule is O=C1C[C@H](Cc2nc3ccccc3s2)N1C(=O)NCc1ccc(C(F)(F)F)cc1. The average molecular weight is 419 g/mol. The third-order valence-electron chi connectivity index (χ3n) is 4.74. The Labute approximate surface area is 168 Å². The molecule has 1 fully saturated rings. The number of benzene rings is 2. The van der Waals surface area contributed by atoms with E-state index in [9.17, 15) is 22.8 Å². The highest BCUT2D eigenvalue weighted by Crippen LogP contribution is 2.30. The first-order valence-corrected chi connectivity index (χ1v) is 9.73. The molecule has 2 aromatic carbocycles. The summed E-state index contributed by atoms with van der Waals surface area (Å²) in [5.41, 5.74) is 0.653. The van der Waals surface area contributed by atoms with E-state index in [-0.39, 0.29) is 24.9 Å². The molecule has 1 atom stereocenters. The third kappa shape index (κ3) is 4.09. The smallest absolute Gasteiger partial charge is 0.334 e. The molecule has 0 radical (unpaired) electrons. The van der Waals surface area contributed by atoms with Crippen molar-refractivity contribution in [2.45, 2.75) is 31.6 Å². The molecule has 5 nitrogen and oxygen atoms in total. The zero-order valence-electron chi connectivity index (χ0n) is 15.1. The number of likely N-dealkylation sites (tertiary alicyclic amines) is 1. The van der Waals surface area contributed by atoms with Crippen LogP contribution in [0.4, 0.5) is 18.0 Å². The number of carbonyl (C=O) groups is 2. The molecule has 9 heteroatoms. The first kappa shape index (κ1) is 19.4. The Morgan fingerprint density at radius 1 is 1.17 bits per heavy atom. The van der Waals surface area contributed by atoms with Gasteiger partial charge in [0.25, 0.3) is 0 Å². The largest absolute Gasteiger partial charge is 0.416 e. The normalized spacial score (nSPS) is 16.7. The maximum atomic E-state index is 12.6. The zero-order valence-corrected chi connectivity index (χ0v) is 15.9. The molecule has 2 heterocycles. The summed E-state index contributed by atoms with van der Waals surface area (Å²) < 4.78 is 38.9. The predicted molar refractivity (Wildman–Crippen MR) is 102 cm³/mol. The molecule has 0 bridgehead atoms. The monoisotopic (exact) mass is 419 g/mol. The van der Waals surface area contributed by atoms with Crippen molar-refractivity contribution in [3.05, 3.63) is 64.7 Å². The number of fused-ring (bicyclic) bond motifs is 1. The minimum absolute atomic E-state index is 0.0363. The van der Waals surface area contributed by atoms with Crippen LogP contribution in [0.1, 0.15) is 22.6 Å². The topological polar surface area (TPSA) is 62.3 Å². The number of imide groups is 1. The molecule has 150 valence electrons. The summed E-state index contributed by atoms with van der Waals surface area (Å²) in [5, 5.41) is 3.45. The van der Waals surface area contributed by atoms with Crippen molar-refractivity contribution in [1.82, 2.24) is 15.2 Å². The fourth-order valence-electron chi connectivity index (χ4n) is 3.21. The van der Waals surface area contributed by atoms with E-state index in [1.165, 1.54) is 23.5 Å². The van der Waals surface area contributed by atoms with Crippen LogP contribution >= 0.6 is 11.3 Å². The van der Waals surface area contributed by atoms with E-state index in [1.807, 2.05) is 24.3 Å². The summed E-state index contributed by atoms with van der Waals surface area (Å²) in [7, 11) is 0. The number of halogens is 3. The van der Waals surface area contributed by atoms with Crippen molar-refractivity contribution in [3.63, 3.8) is 0 Å². The molecule has 1 N–H and O–H groups in total. The van der Waals surface area contributed by atoms with Gasteiger partial charge in [0.15, 0.2) is 0 Å². The molecule has 1 aromatic heterocycles. The highest BCUT2D eigenvalue weighted by molar-refractivity contribution is 7.18. The van der Waals surface area contributed by atoms with Crippen LogP contribution in [0.3, 0.4) is 0 Å². The van der Waals surface area contributed by atoms with Crippen LogP contribution in [0, 0.1) is 0 Å². The van der Waals surface area contributed by atoms with Gasteiger partial charge in [0, 0.05) is 19.4 Å². The maximum absolute atomic E-state index is 12.6. The van der Waals surface area contributed by atoms with Crippen LogP contribution < -0.4 is 5.32 Å². The molecular weight excluding hydrogens is 403 g/mol. The number of thiazole rings is 1. The van der Waals surface area contributed by atoms with E-state index >= 15 is 0 Å². The highest BCUT2D eigenvalue weighted by Gasteiger charge is 2.41. The number of nitrogens with zero attached hydrogens (tertiary/aromatic N) is 2. The Balaban J connectivity index is 1.36. The number of para-hydroxylation sites is 1. The van der Waals surface area contributed by atoms with Crippen LogP contribution in [-0.2, 0) is 23.9 Å².